The standard InChI is InChI=1S/C25H29N3O3/c1-16-9-10-17(2)20(13-16)28-23(29)21-14-22-19(11-12-31-22)27(21)15-25(28,3)24(30)26-18-7-5-4-6-8-18/h9-14,18H,4-8,15H2,1-3H3,(H,26,30)/t25-/m1/s1. The molecule has 2 amide bonds. The number of aryl methyl sites for hydroxylation is 2. The first kappa shape index (κ1) is 19.9. The fourth-order valence-electron chi connectivity index (χ4n) is 5.14. The number of furan rings is 1. The molecule has 2 aromatic heterocycles. The smallest absolute Gasteiger partial charge is 0.276 e. The Morgan fingerprint density at radius 3 is 2.68 bits per heavy atom. The minimum Gasteiger partial charge on any atom is -0.463 e. The molecule has 0 spiro atoms. The summed E-state index contributed by atoms with van der Waals surface area (Å²) >= 11 is 0. The first-order chi connectivity index (χ1) is 14.9. The molecule has 0 radical (unpaired) electrons. The molecule has 6 nitrogen and oxygen atoms in total. The molecule has 1 saturated carbocycles. The Hall–Kier alpha value is -3.02. The number of aromatic nitrogens is 1. The maximum atomic E-state index is 13.8. The topological polar surface area (TPSA) is 67.5 Å². The summed E-state index contributed by atoms with van der Waals surface area (Å²) in [4.78, 5) is 29.3. The van der Waals surface area contributed by atoms with Crippen molar-refractivity contribution in [2.45, 2.75) is 71.0 Å². The molecule has 1 aromatic carbocycles. The summed E-state index contributed by atoms with van der Waals surface area (Å²) in [6, 6.07) is 9.86. The van der Waals surface area contributed by atoms with E-state index in [0.717, 1.165) is 48.0 Å². The number of fused-ring (bicyclic) bond motifs is 3. The predicted octanol–water partition coefficient (Wildman–Crippen LogP) is 4.72. The molecule has 1 N–H and O–H groups in total. The van der Waals surface area contributed by atoms with Crippen molar-refractivity contribution in [3.8, 4) is 0 Å². The number of carbonyl (C=O) groups excluding carboxylic acids is 2. The highest BCUT2D eigenvalue weighted by Gasteiger charge is 2.49. The van der Waals surface area contributed by atoms with Crippen molar-refractivity contribution in [3.05, 3.63) is 53.4 Å². The molecule has 0 saturated heterocycles. The molecule has 2 aliphatic rings. The van der Waals surface area contributed by atoms with Gasteiger partial charge in [0.25, 0.3) is 5.91 Å². The SMILES string of the molecule is Cc1ccc(C)c(N2C(=O)c3cc4occc4n3C[C@]2(C)C(=O)NC2CCCCC2)c1. The van der Waals surface area contributed by atoms with E-state index in [4.69, 9.17) is 4.42 Å². The lowest BCUT2D eigenvalue weighted by Crippen LogP contribution is -2.65. The molecular formula is C25H29N3O3. The number of carbonyl (C=O) groups is 2. The van der Waals surface area contributed by atoms with E-state index in [1.807, 2.05) is 49.6 Å². The fourth-order valence-corrected chi connectivity index (χ4v) is 5.14. The van der Waals surface area contributed by atoms with Crippen LogP contribution in [0.25, 0.3) is 11.1 Å². The van der Waals surface area contributed by atoms with Crippen LogP contribution < -0.4 is 10.2 Å². The molecule has 3 aromatic rings. The molecule has 1 atom stereocenters. The van der Waals surface area contributed by atoms with E-state index in [2.05, 4.69) is 5.32 Å². The van der Waals surface area contributed by atoms with Crippen LogP contribution in [0.2, 0.25) is 0 Å². The lowest BCUT2D eigenvalue weighted by molar-refractivity contribution is -0.127. The normalized spacial score (nSPS) is 22.0. The Bertz CT molecular complexity index is 1170. The Labute approximate surface area is 182 Å². The number of nitrogens with one attached hydrogen (secondary N) is 1. The molecule has 0 bridgehead atoms. The van der Waals surface area contributed by atoms with Gasteiger partial charge in [0.1, 0.15) is 11.2 Å². The molecule has 6 heteroatoms. The lowest BCUT2D eigenvalue weighted by Gasteiger charge is -2.45. The van der Waals surface area contributed by atoms with Crippen LogP contribution >= 0.6 is 0 Å². The van der Waals surface area contributed by atoms with Crippen molar-refractivity contribution in [3.63, 3.8) is 0 Å². The second-order valence-electron chi connectivity index (χ2n) is 9.30. The number of hydrogen-bond acceptors (Lipinski definition) is 3. The molecule has 0 unspecified atom stereocenters. The van der Waals surface area contributed by atoms with E-state index in [1.165, 1.54) is 6.42 Å². The van der Waals surface area contributed by atoms with Crippen molar-refractivity contribution in [1.82, 2.24) is 9.88 Å². The van der Waals surface area contributed by atoms with Crippen LogP contribution in [-0.4, -0.2) is 28.0 Å². The van der Waals surface area contributed by atoms with Gasteiger partial charge in [0.05, 0.1) is 18.3 Å². The van der Waals surface area contributed by atoms with Gasteiger partial charge in [-0.2, -0.15) is 0 Å². The Morgan fingerprint density at radius 1 is 1.13 bits per heavy atom. The van der Waals surface area contributed by atoms with Gasteiger partial charge in [-0.05, 0) is 50.8 Å². The number of amides is 2. The van der Waals surface area contributed by atoms with Gasteiger partial charge in [-0.3, -0.25) is 14.5 Å². The molecule has 1 aliphatic heterocycles. The van der Waals surface area contributed by atoms with Gasteiger partial charge in [-0.1, -0.05) is 31.4 Å². The van der Waals surface area contributed by atoms with E-state index in [0.29, 0.717) is 17.8 Å². The van der Waals surface area contributed by atoms with Crippen LogP contribution in [0.4, 0.5) is 5.69 Å². The van der Waals surface area contributed by atoms with Crippen molar-refractivity contribution < 1.29 is 14.0 Å². The number of nitrogens with zero attached hydrogens (tertiary/aromatic N) is 2. The average Bonchev–Trinajstić information content (AvgIpc) is 3.34. The molecule has 1 aliphatic carbocycles. The maximum Gasteiger partial charge on any atom is 0.276 e. The summed E-state index contributed by atoms with van der Waals surface area (Å²) in [5, 5.41) is 3.28. The van der Waals surface area contributed by atoms with Crippen LogP contribution in [0.3, 0.4) is 0 Å². The Balaban J connectivity index is 1.63. The highest BCUT2D eigenvalue weighted by Crippen LogP contribution is 2.38. The number of benzene rings is 1. The van der Waals surface area contributed by atoms with Crippen LogP contribution in [-0.2, 0) is 11.3 Å². The van der Waals surface area contributed by atoms with Gasteiger partial charge in [-0.15, -0.1) is 0 Å². The van der Waals surface area contributed by atoms with Crippen LogP contribution in [0, 0.1) is 13.8 Å². The van der Waals surface area contributed by atoms with E-state index in [9.17, 15) is 9.59 Å². The first-order valence-electron chi connectivity index (χ1n) is 11.2. The Kier molecular flexibility index (Phi) is 4.68. The monoisotopic (exact) mass is 419 g/mol. The zero-order chi connectivity index (χ0) is 21.8. The van der Waals surface area contributed by atoms with Crippen LogP contribution in [0.15, 0.2) is 41.0 Å². The minimum absolute atomic E-state index is 0.0929. The first-order valence-corrected chi connectivity index (χ1v) is 11.2. The second kappa shape index (κ2) is 7.29. The highest BCUT2D eigenvalue weighted by molar-refractivity contribution is 6.14. The van der Waals surface area contributed by atoms with Gasteiger partial charge in [0.2, 0.25) is 5.91 Å². The Morgan fingerprint density at radius 2 is 1.90 bits per heavy atom. The third-order valence-electron chi connectivity index (χ3n) is 6.94. The highest BCUT2D eigenvalue weighted by atomic mass is 16.3. The molecular weight excluding hydrogens is 390 g/mol. The van der Waals surface area contributed by atoms with Gasteiger partial charge >= 0.3 is 0 Å². The van der Waals surface area contributed by atoms with Gasteiger partial charge in [-0.25, -0.2) is 0 Å². The molecule has 31 heavy (non-hydrogen) atoms. The summed E-state index contributed by atoms with van der Waals surface area (Å²) in [6.45, 7) is 6.26. The summed E-state index contributed by atoms with van der Waals surface area (Å²) in [5.74, 6) is -0.266. The number of anilines is 1. The zero-order valence-electron chi connectivity index (χ0n) is 18.4. The molecule has 5 rings (SSSR count). The van der Waals surface area contributed by atoms with Gasteiger partial charge < -0.3 is 14.3 Å². The quantitative estimate of drug-likeness (QED) is 0.668. The summed E-state index contributed by atoms with van der Waals surface area (Å²) in [6.07, 6.45) is 7.12. The lowest BCUT2D eigenvalue weighted by atomic mass is 9.90. The molecule has 1 fully saturated rings. The molecule has 162 valence electrons. The minimum atomic E-state index is -1.05. The summed E-state index contributed by atoms with van der Waals surface area (Å²) in [7, 11) is 0. The van der Waals surface area contributed by atoms with Crippen molar-refractivity contribution in [1.29, 1.82) is 0 Å². The second-order valence-corrected chi connectivity index (χ2v) is 9.30. The third kappa shape index (κ3) is 3.16. The maximum absolute atomic E-state index is 13.8. The summed E-state index contributed by atoms with van der Waals surface area (Å²) in [5.41, 5.74) is 3.83. The van der Waals surface area contributed by atoms with Crippen LogP contribution in [0.1, 0.15) is 60.6 Å². The molecule has 3 heterocycles. The largest absolute Gasteiger partial charge is 0.463 e. The fraction of sp³-hybridized carbons (Fsp3) is 0.440. The van der Waals surface area contributed by atoms with Crippen molar-refractivity contribution in [2.75, 3.05) is 4.90 Å². The van der Waals surface area contributed by atoms with E-state index in [-0.39, 0.29) is 17.9 Å². The van der Waals surface area contributed by atoms with E-state index < -0.39 is 5.54 Å². The van der Waals surface area contributed by atoms with Crippen LogP contribution in [0.5, 0.6) is 0 Å². The number of hydrogen-bond donors (Lipinski definition) is 1. The van der Waals surface area contributed by atoms with Gasteiger partial charge in [0, 0.05) is 23.9 Å². The average molecular weight is 420 g/mol. The van der Waals surface area contributed by atoms with E-state index >= 15 is 0 Å². The number of rotatable bonds is 3. The third-order valence-corrected chi connectivity index (χ3v) is 6.94. The predicted molar refractivity (Wildman–Crippen MR) is 120 cm³/mol. The zero-order valence-corrected chi connectivity index (χ0v) is 18.4. The summed E-state index contributed by atoms with van der Waals surface area (Å²) < 4.78 is 7.49. The van der Waals surface area contributed by atoms with Crippen molar-refractivity contribution >= 4 is 28.6 Å². The van der Waals surface area contributed by atoms with Gasteiger partial charge in [0.15, 0.2) is 5.58 Å². The van der Waals surface area contributed by atoms with Crippen molar-refractivity contribution in [2.24, 2.45) is 0 Å². The van der Waals surface area contributed by atoms with E-state index in [1.54, 1.807) is 17.2 Å².